The van der Waals surface area contributed by atoms with Crippen molar-refractivity contribution in [3.05, 3.63) is 117 Å². The minimum atomic E-state index is -0.460. The molecular weight excluding hydrogens is 467 g/mol. The van der Waals surface area contributed by atoms with Gasteiger partial charge in [0.1, 0.15) is 10.9 Å². The molecule has 1 aliphatic heterocycles. The number of nitrogens with one attached hydrogen (secondary N) is 1. The quantitative estimate of drug-likeness (QED) is 0.207. The summed E-state index contributed by atoms with van der Waals surface area (Å²) < 4.78 is 0. The second-order valence-corrected chi connectivity index (χ2v) is 8.82. The number of rotatable bonds is 4. The summed E-state index contributed by atoms with van der Waals surface area (Å²) in [5.41, 5.74) is 4.77. The number of halogens is 2. The second-order valence-electron chi connectivity index (χ2n) is 8.03. The molecule has 1 aromatic heterocycles. The third-order valence-corrected chi connectivity index (χ3v) is 6.10. The normalized spacial score (nSPS) is 17.1. The Morgan fingerprint density at radius 3 is 2.53 bits per heavy atom. The summed E-state index contributed by atoms with van der Waals surface area (Å²) in [6.07, 6.45) is 2.91. The van der Waals surface area contributed by atoms with Crippen LogP contribution in [0.1, 0.15) is 28.4 Å². The minimum Gasteiger partial charge on any atom is -0.355 e. The molecule has 0 bridgehead atoms. The van der Waals surface area contributed by atoms with Gasteiger partial charge in [-0.1, -0.05) is 77.3 Å². The van der Waals surface area contributed by atoms with E-state index in [0.717, 1.165) is 27.6 Å². The van der Waals surface area contributed by atoms with E-state index in [-0.39, 0.29) is 5.91 Å². The van der Waals surface area contributed by atoms with Crippen LogP contribution in [0, 0.1) is 6.92 Å². The van der Waals surface area contributed by atoms with Gasteiger partial charge >= 0.3 is 0 Å². The highest BCUT2D eigenvalue weighted by Crippen LogP contribution is 2.29. The summed E-state index contributed by atoms with van der Waals surface area (Å²) >= 11 is 12.4. The Bertz CT molecular complexity index is 1430. The fourth-order valence-electron chi connectivity index (χ4n) is 3.82. The van der Waals surface area contributed by atoms with E-state index >= 15 is 0 Å². The molecule has 34 heavy (non-hydrogen) atoms. The van der Waals surface area contributed by atoms with Crippen molar-refractivity contribution < 1.29 is 4.79 Å². The van der Waals surface area contributed by atoms with E-state index in [1.165, 1.54) is 5.01 Å². The molecule has 5 nitrogen and oxygen atoms in total. The standard InChI is InChI=1S/C27H20Cl2N4O/c1-17-7-12-23-20(13-17)15-21(25(29)31-23)16-30-33-26(19-5-3-2-4-6-19)32-24(27(33)34)14-18-8-10-22(28)11-9-18/h2-16,26,32H,1H3/b24-14-,30-16+. The Balaban J connectivity index is 1.51. The lowest BCUT2D eigenvalue weighted by Gasteiger charge is -2.19. The average molecular weight is 487 g/mol. The SMILES string of the molecule is Cc1ccc2nc(Cl)c(/C=N/N3C(=O)/C(=C/c4ccc(Cl)cc4)NC3c3ccccc3)cc2c1. The van der Waals surface area contributed by atoms with E-state index in [9.17, 15) is 4.79 Å². The number of pyridine rings is 1. The van der Waals surface area contributed by atoms with Crippen molar-refractivity contribution in [1.29, 1.82) is 0 Å². The number of hydrogen-bond donors (Lipinski definition) is 1. The smallest absolute Gasteiger partial charge is 0.292 e. The number of nitrogens with zero attached hydrogens (tertiary/aromatic N) is 3. The molecule has 5 rings (SSSR count). The molecule has 0 spiro atoms. The largest absolute Gasteiger partial charge is 0.355 e. The minimum absolute atomic E-state index is 0.249. The summed E-state index contributed by atoms with van der Waals surface area (Å²) in [5, 5.41) is 11.2. The zero-order valence-electron chi connectivity index (χ0n) is 18.2. The molecule has 3 aromatic carbocycles. The molecule has 7 heteroatoms. The molecule has 1 aliphatic rings. The lowest BCUT2D eigenvalue weighted by molar-refractivity contribution is -0.126. The van der Waals surface area contributed by atoms with E-state index in [1.807, 2.05) is 73.7 Å². The van der Waals surface area contributed by atoms with Crippen LogP contribution in [-0.2, 0) is 4.79 Å². The zero-order chi connectivity index (χ0) is 23.7. The van der Waals surface area contributed by atoms with Crippen molar-refractivity contribution in [2.45, 2.75) is 13.1 Å². The molecule has 1 unspecified atom stereocenters. The lowest BCUT2D eigenvalue weighted by Crippen LogP contribution is -2.25. The van der Waals surface area contributed by atoms with E-state index < -0.39 is 6.17 Å². The molecule has 1 saturated heterocycles. The van der Waals surface area contributed by atoms with Gasteiger partial charge < -0.3 is 5.32 Å². The molecular formula is C27H20Cl2N4O. The number of fused-ring (bicyclic) bond motifs is 1. The van der Waals surface area contributed by atoms with E-state index in [0.29, 0.717) is 21.4 Å². The van der Waals surface area contributed by atoms with Crippen LogP contribution in [0.4, 0.5) is 0 Å². The van der Waals surface area contributed by atoms with Crippen LogP contribution in [0.3, 0.4) is 0 Å². The maximum absolute atomic E-state index is 13.3. The van der Waals surface area contributed by atoms with Gasteiger partial charge in [0.2, 0.25) is 0 Å². The van der Waals surface area contributed by atoms with Gasteiger partial charge in [-0.25, -0.2) is 9.99 Å². The molecule has 0 radical (unpaired) electrons. The van der Waals surface area contributed by atoms with Gasteiger partial charge in [-0.05, 0) is 54.5 Å². The molecule has 168 valence electrons. The Hall–Kier alpha value is -3.67. The predicted octanol–water partition coefficient (Wildman–Crippen LogP) is 6.36. The topological polar surface area (TPSA) is 57.6 Å². The Morgan fingerprint density at radius 2 is 1.76 bits per heavy atom. The fourth-order valence-corrected chi connectivity index (χ4v) is 4.14. The van der Waals surface area contributed by atoms with Crippen molar-refractivity contribution in [3.63, 3.8) is 0 Å². The lowest BCUT2D eigenvalue weighted by atomic mass is 10.1. The van der Waals surface area contributed by atoms with Crippen LogP contribution in [-0.4, -0.2) is 22.1 Å². The first-order chi connectivity index (χ1) is 16.5. The Morgan fingerprint density at radius 1 is 1.00 bits per heavy atom. The van der Waals surface area contributed by atoms with Crippen molar-refractivity contribution >= 4 is 52.3 Å². The van der Waals surface area contributed by atoms with Crippen molar-refractivity contribution in [2.75, 3.05) is 0 Å². The summed E-state index contributed by atoms with van der Waals surface area (Å²) in [6, 6.07) is 24.9. The van der Waals surface area contributed by atoms with E-state index in [2.05, 4.69) is 15.4 Å². The van der Waals surface area contributed by atoms with Crippen LogP contribution in [0.25, 0.3) is 17.0 Å². The molecule has 1 N–H and O–H groups in total. The van der Waals surface area contributed by atoms with Crippen molar-refractivity contribution in [2.24, 2.45) is 5.10 Å². The molecule has 1 amide bonds. The Labute approximate surface area is 207 Å². The van der Waals surface area contributed by atoms with Gasteiger partial charge in [0.15, 0.2) is 6.17 Å². The summed E-state index contributed by atoms with van der Waals surface area (Å²) in [4.78, 5) is 17.8. The number of aryl methyl sites for hydroxylation is 1. The first-order valence-corrected chi connectivity index (χ1v) is 11.5. The van der Waals surface area contributed by atoms with Crippen molar-refractivity contribution in [1.82, 2.24) is 15.3 Å². The summed E-state index contributed by atoms with van der Waals surface area (Å²) in [5.74, 6) is -0.249. The first-order valence-electron chi connectivity index (χ1n) is 10.7. The molecule has 0 saturated carbocycles. The third kappa shape index (κ3) is 4.53. The number of carbonyl (C=O) groups excluding carboxylic acids is 1. The number of benzene rings is 3. The maximum Gasteiger partial charge on any atom is 0.292 e. The number of aromatic nitrogens is 1. The number of carbonyl (C=O) groups is 1. The molecule has 1 atom stereocenters. The van der Waals surface area contributed by atoms with Crippen molar-refractivity contribution in [3.8, 4) is 0 Å². The first kappa shape index (κ1) is 22.1. The van der Waals surface area contributed by atoms with Crippen LogP contribution in [0.15, 0.2) is 89.7 Å². The van der Waals surface area contributed by atoms with Gasteiger partial charge in [0, 0.05) is 16.0 Å². The second kappa shape index (κ2) is 9.29. The van der Waals surface area contributed by atoms with E-state index in [1.54, 1.807) is 24.4 Å². The summed E-state index contributed by atoms with van der Waals surface area (Å²) in [7, 11) is 0. The van der Waals surface area contributed by atoms with Gasteiger partial charge in [-0.3, -0.25) is 4.79 Å². The Kier molecular flexibility index (Phi) is 6.05. The van der Waals surface area contributed by atoms with Gasteiger partial charge in [-0.15, -0.1) is 0 Å². The number of hydrogen-bond acceptors (Lipinski definition) is 4. The van der Waals surface area contributed by atoms with Crippen LogP contribution in [0.5, 0.6) is 0 Å². The third-order valence-electron chi connectivity index (χ3n) is 5.54. The highest BCUT2D eigenvalue weighted by Gasteiger charge is 2.35. The predicted molar refractivity (Wildman–Crippen MR) is 138 cm³/mol. The summed E-state index contributed by atoms with van der Waals surface area (Å²) in [6.45, 7) is 2.02. The maximum atomic E-state index is 13.3. The van der Waals surface area contributed by atoms with Crippen LogP contribution >= 0.6 is 23.2 Å². The van der Waals surface area contributed by atoms with Crippen LogP contribution < -0.4 is 5.32 Å². The molecule has 1 fully saturated rings. The monoisotopic (exact) mass is 486 g/mol. The average Bonchev–Trinajstić information content (AvgIpc) is 3.15. The highest BCUT2D eigenvalue weighted by molar-refractivity contribution is 6.32. The van der Waals surface area contributed by atoms with Crippen LogP contribution in [0.2, 0.25) is 10.2 Å². The molecule has 0 aliphatic carbocycles. The number of hydrazone groups is 1. The molecule has 2 heterocycles. The van der Waals surface area contributed by atoms with Gasteiger partial charge in [-0.2, -0.15) is 5.10 Å². The highest BCUT2D eigenvalue weighted by atomic mass is 35.5. The van der Waals surface area contributed by atoms with Gasteiger partial charge in [0.05, 0.1) is 11.7 Å². The molecule has 4 aromatic rings. The fraction of sp³-hybridized carbons (Fsp3) is 0.0741. The van der Waals surface area contributed by atoms with E-state index in [4.69, 9.17) is 23.2 Å². The van der Waals surface area contributed by atoms with Gasteiger partial charge in [0.25, 0.3) is 5.91 Å². The number of amides is 1. The zero-order valence-corrected chi connectivity index (χ0v) is 19.8.